The van der Waals surface area contributed by atoms with Crippen molar-refractivity contribution in [1.29, 1.82) is 0 Å². The van der Waals surface area contributed by atoms with Crippen molar-refractivity contribution in [3.8, 4) is 0 Å². The van der Waals surface area contributed by atoms with E-state index in [4.69, 9.17) is 0 Å². The number of hydrogen-bond donors (Lipinski definition) is 2. The van der Waals surface area contributed by atoms with Gasteiger partial charge >= 0.3 is 18.0 Å². The van der Waals surface area contributed by atoms with Crippen LogP contribution >= 0.6 is 0 Å². The highest BCUT2D eigenvalue weighted by Gasteiger charge is 2.73. The molecule has 43 heavy (non-hydrogen) atoms. The number of sulfone groups is 1. The van der Waals surface area contributed by atoms with E-state index in [2.05, 4.69) is 10.3 Å². The third-order valence-corrected chi connectivity index (χ3v) is 10.9. The van der Waals surface area contributed by atoms with Crippen LogP contribution in [0.15, 0.2) is 70.5 Å². The maximum Gasteiger partial charge on any atom is 0.435 e. The van der Waals surface area contributed by atoms with Gasteiger partial charge in [-0.25, -0.2) is 17.2 Å². The molecule has 2 aliphatic carbocycles. The SMILES string of the molecule is O=C(N[C@@H]1CC[C@@]2(S(=O)(=O)c3ccc(F)cc3)c3ccc(C(F)(C(F)(F)F)C(F)(F)F)cc3CC[C@@H]12)c1cc[nH]c(=O)c1. The van der Waals surface area contributed by atoms with Gasteiger partial charge in [0, 0.05) is 35.3 Å². The molecule has 2 N–H and O–H groups in total. The van der Waals surface area contributed by atoms with Gasteiger partial charge in [-0.15, -0.1) is 0 Å². The first-order valence-corrected chi connectivity index (χ1v) is 14.4. The smallest absolute Gasteiger partial charge is 0.349 e. The number of aryl methyl sites for hydroxylation is 1. The molecule has 0 unspecified atom stereocenters. The number of alkyl halides is 7. The van der Waals surface area contributed by atoms with Crippen LogP contribution in [-0.2, 0) is 26.7 Å². The summed E-state index contributed by atoms with van der Waals surface area (Å²) >= 11 is 0. The molecule has 3 aromatic rings. The fourth-order valence-electron chi connectivity index (χ4n) is 6.39. The summed E-state index contributed by atoms with van der Waals surface area (Å²) in [6, 6.07) is 6.69. The van der Waals surface area contributed by atoms with Crippen LogP contribution in [0.3, 0.4) is 0 Å². The van der Waals surface area contributed by atoms with E-state index in [-0.39, 0.29) is 53.3 Å². The standard InChI is InChI=1S/C28H22F8N2O4S/c29-18-3-5-19(6-4-18)43(41,42)25-11-9-22(38-24(40)16-10-12-37-23(39)14-16)21(25)7-1-15-13-17(2-8-20(15)25)26(30,27(31,32)33)28(34,35)36/h2-6,8,10,12-14,21-22H,1,7,9,11H2,(H,37,39)(H,38,40)/t21-,22+,25+/m0/s1. The molecule has 0 radical (unpaired) electrons. The van der Waals surface area contributed by atoms with E-state index < -0.39 is 67.4 Å². The molecule has 5 rings (SSSR count). The Morgan fingerprint density at radius 1 is 0.907 bits per heavy atom. The number of hydrogen-bond acceptors (Lipinski definition) is 4. The molecule has 1 amide bonds. The van der Waals surface area contributed by atoms with Gasteiger partial charge in [-0.05, 0) is 67.1 Å². The Bertz CT molecular complexity index is 1720. The molecule has 0 aliphatic heterocycles. The Balaban J connectivity index is 1.65. The lowest BCUT2D eigenvalue weighted by atomic mass is 9.74. The number of nitrogens with one attached hydrogen (secondary N) is 2. The van der Waals surface area contributed by atoms with Gasteiger partial charge in [0.2, 0.25) is 5.56 Å². The zero-order chi connectivity index (χ0) is 31.6. The Morgan fingerprint density at radius 3 is 2.16 bits per heavy atom. The molecule has 0 spiro atoms. The van der Waals surface area contributed by atoms with Crippen molar-refractivity contribution in [3.05, 3.63) is 99.2 Å². The molecule has 6 nitrogen and oxygen atoms in total. The molecular formula is C28H22F8N2O4S. The molecule has 230 valence electrons. The third-order valence-electron chi connectivity index (χ3n) is 8.33. The van der Waals surface area contributed by atoms with E-state index in [1.807, 2.05) is 0 Å². The number of halogens is 8. The van der Waals surface area contributed by atoms with Gasteiger partial charge in [-0.1, -0.05) is 18.2 Å². The summed E-state index contributed by atoms with van der Waals surface area (Å²) in [6.45, 7) is 0. The molecule has 1 fully saturated rings. The molecule has 2 aromatic carbocycles. The number of rotatable bonds is 5. The molecule has 1 aromatic heterocycles. The van der Waals surface area contributed by atoms with Crippen LogP contribution in [0.25, 0.3) is 0 Å². The molecule has 3 atom stereocenters. The van der Waals surface area contributed by atoms with E-state index in [0.717, 1.165) is 36.4 Å². The van der Waals surface area contributed by atoms with Gasteiger partial charge in [0.1, 0.15) is 10.6 Å². The molecular weight excluding hydrogens is 612 g/mol. The van der Waals surface area contributed by atoms with E-state index in [1.165, 1.54) is 12.3 Å². The summed E-state index contributed by atoms with van der Waals surface area (Å²) in [7, 11) is -4.55. The Labute approximate surface area is 239 Å². The quantitative estimate of drug-likeness (QED) is 0.281. The molecule has 0 saturated heterocycles. The Morgan fingerprint density at radius 2 is 1.56 bits per heavy atom. The van der Waals surface area contributed by atoms with Crippen molar-refractivity contribution >= 4 is 15.7 Å². The van der Waals surface area contributed by atoms with E-state index in [1.54, 1.807) is 0 Å². The predicted octanol–water partition coefficient (Wildman–Crippen LogP) is 5.63. The summed E-state index contributed by atoms with van der Waals surface area (Å²) in [4.78, 5) is 26.6. The highest BCUT2D eigenvalue weighted by molar-refractivity contribution is 7.92. The Kier molecular flexibility index (Phi) is 7.26. The summed E-state index contributed by atoms with van der Waals surface area (Å²) in [5.41, 5.74) is -8.41. The van der Waals surface area contributed by atoms with Crippen LogP contribution in [0.1, 0.15) is 46.3 Å². The second-order valence-corrected chi connectivity index (χ2v) is 12.8. The molecule has 2 aliphatic rings. The molecule has 0 bridgehead atoms. The van der Waals surface area contributed by atoms with Crippen molar-refractivity contribution in [1.82, 2.24) is 10.3 Å². The molecule has 1 saturated carbocycles. The summed E-state index contributed by atoms with van der Waals surface area (Å²) in [5, 5.41) is 2.71. The van der Waals surface area contributed by atoms with Crippen LogP contribution in [0.2, 0.25) is 0 Å². The number of fused-ring (bicyclic) bond motifs is 3. The Hall–Kier alpha value is -3.75. The van der Waals surface area contributed by atoms with Gasteiger partial charge in [-0.2, -0.15) is 26.3 Å². The van der Waals surface area contributed by atoms with E-state index in [0.29, 0.717) is 6.07 Å². The van der Waals surface area contributed by atoms with E-state index in [9.17, 15) is 53.1 Å². The number of H-pyrrole nitrogens is 1. The molecule has 1 heterocycles. The van der Waals surface area contributed by atoms with Gasteiger partial charge < -0.3 is 10.3 Å². The minimum Gasteiger partial charge on any atom is -0.349 e. The van der Waals surface area contributed by atoms with Crippen molar-refractivity contribution < 1.29 is 48.3 Å². The monoisotopic (exact) mass is 634 g/mol. The van der Waals surface area contributed by atoms with Crippen LogP contribution in [0.4, 0.5) is 35.1 Å². The third kappa shape index (κ3) is 4.71. The van der Waals surface area contributed by atoms with Crippen LogP contribution in [0, 0.1) is 11.7 Å². The first kappa shape index (κ1) is 30.7. The minimum atomic E-state index is -6.36. The second-order valence-electron chi connectivity index (χ2n) is 10.6. The van der Waals surface area contributed by atoms with Crippen molar-refractivity contribution in [2.45, 2.75) is 59.4 Å². The average Bonchev–Trinajstić information content (AvgIpc) is 3.31. The van der Waals surface area contributed by atoms with Gasteiger partial charge in [-0.3, -0.25) is 9.59 Å². The number of benzene rings is 2. The van der Waals surface area contributed by atoms with Gasteiger partial charge in [0.25, 0.3) is 5.91 Å². The van der Waals surface area contributed by atoms with Gasteiger partial charge in [0.05, 0.1) is 4.90 Å². The lowest BCUT2D eigenvalue weighted by Gasteiger charge is -2.43. The average molecular weight is 635 g/mol. The van der Waals surface area contributed by atoms with Crippen molar-refractivity contribution in [2.75, 3.05) is 0 Å². The minimum absolute atomic E-state index is 0.0259. The normalized spacial score (nSPS) is 22.5. The van der Waals surface area contributed by atoms with Crippen molar-refractivity contribution in [3.63, 3.8) is 0 Å². The van der Waals surface area contributed by atoms with Gasteiger partial charge in [0.15, 0.2) is 9.84 Å². The summed E-state index contributed by atoms with van der Waals surface area (Å²) < 4.78 is 136. The van der Waals surface area contributed by atoms with E-state index >= 15 is 0 Å². The van der Waals surface area contributed by atoms with Crippen LogP contribution < -0.4 is 10.9 Å². The first-order valence-electron chi connectivity index (χ1n) is 12.9. The fraction of sp³-hybridized carbons (Fsp3) is 0.357. The number of carbonyl (C=O) groups is 1. The highest BCUT2D eigenvalue weighted by Crippen LogP contribution is 2.59. The lowest BCUT2D eigenvalue weighted by molar-refractivity contribution is -0.348. The number of carbonyl (C=O) groups excluding carboxylic acids is 1. The first-order chi connectivity index (χ1) is 19.9. The van der Waals surface area contributed by atoms with Crippen LogP contribution in [-0.4, -0.2) is 37.7 Å². The maximum atomic E-state index is 14.9. The number of aromatic amines is 1. The largest absolute Gasteiger partial charge is 0.435 e. The number of pyridine rings is 1. The zero-order valence-corrected chi connectivity index (χ0v) is 22.6. The number of aromatic nitrogens is 1. The summed E-state index contributed by atoms with van der Waals surface area (Å²) in [6.07, 6.45) is -12.0. The zero-order valence-electron chi connectivity index (χ0n) is 21.8. The van der Waals surface area contributed by atoms with Crippen molar-refractivity contribution in [2.24, 2.45) is 5.92 Å². The second kappa shape index (κ2) is 10.2. The summed E-state index contributed by atoms with van der Waals surface area (Å²) in [5.74, 6) is -2.40. The van der Waals surface area contributed by atoms with Crippen LogP contribution in [0.5, 0.6) is 0 Å². The maximum absolute atomic E-state index is 14.9. The predicted molar refractivity (Wildman–Crippen MR) is 136 cm³/mol. The number of amides is 1. The highest BCUT2D eigenvalue weighted by atomic mass is 32.2. The fourth-order valence-corrected chi connectivity index (χ4v) is 8.86. The molecule has 15 heteroatoms. The lowest BCUT2D eigenvalue weighted by Crippen LogP contribution is -2.51. The topological polar surface area (TPSA) is 96.1 Å².